The Morgan fingerprint density at radius 3 is 1.73 bits per heavy atom. The molecule has 0 unspecified atom stereocenters. The highest BCUT2D eigenvalue weighted by Crippen LogP contribution is 2.20. The van der Waals surface area contributed by atoms with Crippen molar-refractivity contribution >= 4 is 11.5 Å². The van der Waals surface area contributed by atoms with Crippen molar-refractivity contribution in [3.05, 3.63) is 48.2 Å². The minimum absolute atomic E-state index is 0. The van der Waals surface area contributed by atoms with Crippen LogP contribution in [0.1, 0.15) is 75.4 Å². The summed E-state index contributed by atoms with van der Waals surface area (Å²) < 4.78 is 0. The molecule has 3 heteroatoms. The molecule has 0 atom stereocenters. The van der Waals surface area contributed by atoms with Gasteiger partial charge in [-0.2, -0.15) is 0 Å². The van der Waals surface area contributed by atoms with Crippen molar-refractivity contribution in [1.82, 2.24) is 4.98 Å². The number of anilines is 1. The second kappa shape index (κ2) is 22.8. The first-order chi connectivity index (χ1) is 12.2. The predicted octanol–water partition coefficient (Wildman–Crippen LogP) is 7.20. The van der Waals surface area contributed by atoms with Gasteiger partial charge in [-0.25, -0.2) is 0 Å². The number of pyridine rings is 1. The lowest BCUT2D eigenvalue weighted by Crippen LogP contribution is -2.04. The van der Waals surface area contributed by atoms with Gasteiger partial charge in [-0.15, -0.1) is 0 Å². The molecule has 150 valence electrons. The van der Waals surface area contributed by atoms with Gasteiger partial charge in [0.05, 0.1) is 23.5 Å². The number of aromatic nitrogens is 1. The minimum atomic E-state index is 0. The molecule has 0 bridgehead atoms. The third-order valence-electron chi connectivity index (χ3n) is 2.50. The fraction of sp³-hybridized carbons (Fsp3) is 0.478. The van der Waals surface area contributed by atoms with Crippen LogP contribution in [0.15, 0.2) is 42.5 Å². The average Bonchev–Trinajstić information content (AvgIpc) is 2.70. The molecule has 0 saturated heterocycles. The summed E-state index contributed by atoms with van der Waals surface area (Å²) in [5, 5.41) is 0. The topological polar surface area (TPSA) is 56.0 Å². The van der Waals surface area contributed by atoms with E-state index in [9.17, 15) is 4.79 Å². The number of Topliss-reactive ketones (excluding diaryl/α,β-unsaturated/α-hetero) is 1. The molecular formula is C23H42N2O. The number of hydrogen-bond acceptors (Lipinski definition) is 3. The highest BCUT2D eigenvalue weighted by atomic mass is 16.1. The smallest absolute Gasteiger partial charge is 0.135 e. The first-order valence-electron chi connectivity index (χ1n) is 9.47. The van der Waals surface area contributed by atoms with E-state index < -0.39 is 0 Å². The summed E-state index contributed by atoms with van der Waals surface area (Å²) in [5.74, 6) is 0.0643. The SMILES string of the molecule is C.CC.CC.CC.CC.CC(=O)Cc1nc(-c2ccccc2)ccc1N. The van der Waals surface area contributed by atoms with Crippen molar-refractivity contribution in [3.63, 3.8) is 0 Å². The van der Waals surface area contributed by atoms with Gasteiger partial charge < -0.3 is 5.73 Å². The minimum Gasteiger partial charge on any atom is -0.397 e. The van der Waals surface area contributed by atoms with Crippen molar-refractivity contribution < 1.29 is 4.79 Å². The van der Waals surface area contributed by atoms with Gasteiger partial charge in [0, 0.05) is 5.56 Å². The van der Waals surface area contributed by atoms with Gasteiger partial charge in [-0.05, 0) is 19.1 Å². The maximum atomic E-state index is 11.1. The van der Waals surface area contributed by atoms with Gasteiger partial charge in [-0.3, -0.25) is 9.78 Å². The van der Waals surface area contributed by atoms with E-state index in [-0.39, 0.29) is 19.6 Å². The number of nitrogens with two attached hydrogens (primary N) is 1. The lowest BCUT2D eigenvalue weighted by molar-refractivity contribution is -0.116. The molecule has 2 aromatic rings. The second-order valence-electron chi connectivity index (χ2n) is 3.98. The molecule has 0 fully saturated rings. The maximum Gasteiger partial charge on any atom is 0.135 e. The van der Waals surface area contributed by atoms with Crippen LogP contribution < -0.4 is 5.73 Å². The predicted molar refractivity (Wildman–Crippen MR) is 121 cm³/mol. The van der Waals surface area contributed by atoms with E-state index in [2.05, 4.69) is 4.98 Å². The largest absolute Gasteiger partial charge is 0.397 e. The van der Waals surface area contributed by atoms with Crippen molar-refractivity contribution in [2.45, 2.75) is 76.2 Å². The number of nitrogens with zero attached hydrogens (tertiary/aromatic N) is 1. The van der Waals surface area contributed by atoms with E-state index in [4.69, 9.17) is 5.73 Å². The number of carbonyl (C=O) groups is 1. The highest BCUT2D eigenvalue weighted by Gasteiger charge is 2.06. The van der Waals surface area contributed by atoms with E-state index >= 15 is 0 Å². The fourth-order valence-corrected chi connectivity index (χ4v) is 1.66. The molecule has 1 aromatic heterocycles. The van der Waals surface area contributed by atoms with Crippen molar-refractivity contribution in [2.24, 2.45) is 0 Å². The summed E-state index contributed by atoms with van der Waals surface area (Å²) in [4.78, 5) is 15.6. The number of hydrogen-bond donors (Lipinski definition) is 1. The number of carbonyl (C=O) groups excluding carboxylic acids is 1. The van der Waals surface area contributed by atoms with Crippen LogP contribution in [-0.4, -0.2) is 10.8 Å². The number of nitrogen functional groups attached to an aromatic ring is 1. The number of benzene rings is 1. The molecule has 0 aliphatic carbocycles. The average molecular weight is 363 g/mol. The molecule has 0 aliphatic rings. The first-order valence-corrected chi connectivity index (χ1v) is 9.47. The highest BCUT2D eigenvalue weighted by molar-refractivity contribution is 5.79. The van der Waals surface area contributed by atoms with Gasteiger partial charge in [0.25, 0.3) is 0 Å². The van der Waals surface area contributed by atoms with Crippen molar-refractivity contribution in [2.75, 3.05) is 5.73 Å². The molecule has 1 aromatic carbocycles. The van der Waals surface area contributed by atoms with Gasteiger partial charge in [0.2, 0.25) is 0 Å². The van der Waals surface area contributed by atoms with Crippen LogP contribution in [0, 0.1) is 0 Å². The van der Waals surface area contributed by atoms with Crippen molar-refractivity contribution in [1.29, 1.82) is 0 Å². The molecule has 3 nitrogen and oxygen atoms in total. The zero-order valence-corrected chi connectivity index (χ0v) is 17.7. The van der Waals surface area contributed by atoms with Crippen LogP contribution in [0.3, 0.4) is 0 Å². The van der Waals surface area contributed by atoms with E-state index in [0.29, 0.717) is 11.4 Å². The lowest BCUT2D eigenvalue weighted by atomic mass is 10.1. The molecule has 0 saturated carbocycles. The first kappa shape index (κ1) is 31.6. The summed E-state index contributed by atoms with van der Waals surface area (Å²) in [6.07, 6.45) is 0.284. The summed E-state index contributed by atoms with van der Waals surface area (Å²) in [6.45, 7) is 17.5. The molecule has 2 rings (SSSR count). The van der Waals surface area contributed by atoms with Gasteiger partial charge in [0.15, 0.2) is 0 Å². The fourth-order valence-electron chi connectivity index (χ4n) is 1.66. The van der Waals surface area contributed by atoms with Crippen LogP contribution in [0.2, 0.25) is 0 Å². The van der Waals surface area contributed by atoms with Gasteiger partial charge >= 0.3 is 0 Å². The summed E-state index contributed by atoms with van der Waals surface area (Å²) in [6, 6.07) is 13.5. The molecule has 1 heterocycles. The third-order valence-corrected chi connectivity index (χ3v) is 2.50. The Hall–Kier alpha value is -2.16. The zero-order valence-electron chi connectivity index (χ0n) is 17.7. The lowest BCUT2D eigenvalue weighted by Gasteiger charge is -2.06. The molecule has 0 radical (unpaired) electrons. The Morgan fingerprint density at radius 1 is 0.846 bits per heavy atom. The van der Waals surface area contributed by atoms with E-state index in [1.165, 1.54) is 6.92 Å². The van der Waals surface area contributed by atoms with Crippen LogP contribution in [0.25, 0.3) is 11.3 Å². The normalized spacial score (nSPS) is 7.58. The number of ketones is 1. The maximum absolute atomic E-state index is 11.1. The summed E-state index contributed by atoms with van der Waals surface area (Å²) in [5.41, 5.74) is 8.89. The quantitative estimate of drug-likeness (QED) is 0.628. The molecule has 0 amide bonds. The third kappa shape index (κ3) is 13.2. The van der Waals surface area contributed by atoms with Crippen molar-refractivity contribution in [3.8, 4) is 11.3 Å². The van der Waals surface area contributed by atoms with E-state index in [1.54, 1.807) is 6.07 Å². The molecule has 2 N–H and O–H groups in total. The number of rotatable bonds is 3. The van der Waals surface area contributed by atoms with Crippen LogP contribution in [-0.2, 0) is 11.2 Å². The Morgan fingerprint density at radius 2 is 1.31 bits per heavy atom. The standard InChI is InChI=1S/C14H14N2O.4C2H6.CH4/c1-10(17)9-14-12(15)7-8-13(16-14)11-5-3-2-4-6-11;4*1-2;/h2-8H,9,15H2,1H3;4*1-2H3;1H4. The second-order valence-corrected chi connectivity index (χ2v) is 3.98. The Labute approximate surface area is 163 Å². The molecule has 0 spiro atoms. The summed E-state index contributed by atoms with van der Waals surface area (Å²) in [7, 11) is 0. The van der Waals surface area contributed by atoms with Gasteiger partial charge in [0.1, 0.15) is 5.78 Å². The summed E-state index contributed by atoms with van der Waals surface area (Å²) >= 11 is 0. The van der Waals surface area contributed by atoms with Crippen LogP contribution in [0.5, 0.6) is 0 Å². The van der Waals surface area contributed by atoms with E-state index in [0.717, 1.165) is 11.3 Å². The van der Waals surface area contributed by atoms with Gasteiger partial charge in [-0.1, -0.05) is 93.1 Å². The Bertz CT molecular complexity index is 537. The van der Waals surface area contributed by atoms with Crippen LogP contribution in [0.4, 0.5) is 5.69 Å². The Balaban J connectivity index is -0.000000238. The molecular weight excluding hydrogens is 320 g/mol. The Kier molecular flexibility index (Phi) is 27.8. The molecule has 0 aliphatic heterocycles. The molecule has 26 heavy (non-hydrogen) atoms. The zero-order chi connectivity index (χ0) is 20.3. The van der Waals surface area contributed by atoms with Crippen LogP contribution >= 0.6 is 0 Å². The monoisotopic (exact) mass is 362 g/mol. The van der Waals surface area contributed by atoms with E-state index in [1.807, 2.05) is 91.8 Å².